The van der Waals surface area contributed by atoms with Crippen LogP contribution in [0.1, 0.15) is 34.9 Å². The van der Waals surface area contributed by atoms with Crippen LogP contribution in [0.25, 0.3) is 11.8 Å². The van der Waals surface area contributed by atoms with Crippen molar-refractivity contribution in [1.29, 1.82) is 5.26 Å². The monoisotopic (exact) mass is 670 g/mol. The Morgan fingerprint density at radius 1 is 1.02 bits per heavy atom. The second-order valence-electron chi connectivity index (χ2n) is 10.7. The SMILES string of the molecule is CCn1c(NCCc2ccc(OC)c(OC)c2)c(/C=C2/SC(=S)N(c3c(C)n(C)n(-c4ccccc4)c3=O)C2=O)c(C)c(C#N)c1=O. The third-order valence-electron chi connectivity index (χ3n) is 8.16. The zero-order valence-corrected chi connectivity index (χ0v) is 28.5. The fraction of sp³-hybridized carbons (Fsp3) is 0.265. The molecule has 1 aliphatic heterocycles. The van der Waals surface area contributed by atoms with Gasteiger partial charge in [0.2, 0.25) is 0 Å². The fourth-order valence-electron chi connectivity index (χ4n) is 5.62. The Morgan fingerprint density at radius 2 is 1.72 bits per heavy atom. The first-order valence-corrected chi connectivity index (χ1v) is 16.0. The van der Waals surface area contributed by atoms with Gasteiger partial charge in [0.15, 0.2) is 15.8 Å². The number of thiocarbonyl (C=S) groups is 1. The number of nitrogens with one attached hydrogen (secondary N) is 1. The van der Waals surface area contributed by atoms with E-state index < -0.39 is 11.5 Å². The summed E-state index contributed by atoms with van der Waals surface area (Å²) in [6.07, 6.45) is 2.23. The summed E-state index contributed by atoms with van der Waals surface area (Å²) in [4.78, 5) is 42.6. The Bertz CT molecular complexity index is 2090. The third kappa shape index (κ3) is 5.97. The van der Waals surface area contributed by atoms with Crippen LogP contribution >= 0.6 is 24.0 Å². The number of carbonyl (C=O) groups excluding carboxylic acids is 1. The minimum absolute atomic E-state index is 0.0105. The largest absolute Gasteiger partial charge is 0.493 e. The van der Waals surface area contributed by atoms with Crippen molar-refractivity contribution in [2.45, 2.75) is 33.7 Å². The molecule has 0 saturated carbocycles. The summed E-state index contributed by atoms with van der Waals surface area (Å²) < 4.78 is 15.7. The molecule has 1 fully saturated rings. The maximum Gasteiger partial charge on any atom is 0.296 e. The zero-order valence-electron chi connectivity index (χ0n) is 26.9. The Hall–Kier alpha value is -5.06. The number of hydrogen-bond donors (Lipinski definition) is 1. The minimum Gasteiger partial charge on any atom is -0.493 e. The molecule has 4 aromatic rings. The van der Waals surface area contributed by atoms with Crippen molar-refractivity contribution in [3.05, 3.63) is 102 Å². The Morgan fingerprint density at radius 3 is 2.36 bits per heavy atom. The van der Waals surface area contributed by atoms with Crippen LogP contribution < -0.4 is 30.8 Å². The van der Waals surface area contributed by atoms with Crippen LogP contribution in [-0.2, 0) is 24.8 Å². The van der Waals surface area contributed by atoms with Gasteiger partial charge in [0, 0.05) is 25.7 Å². The van der Waals surface area contributed by atoms with Crippen molar-refractivity contribution >= 4 is 51.8 Å². The first kappa shape index (κ1) is 33.3. The number of rotatable bonds is 10. The van der Waals surface area contributed by atoms with E-state index in [1.165, 1.54) is 14.1 Å². The second-order valence-corrected chi connectivity index (χ2v) is 12.4. The number of aromatic nitrogens is 3. The molecule has 0 atom stereocenters. The number of ether oxygens (including phenoxy) is 2. The molecule has 2 aromatic heterocycles. The molecule has 0 spiro atoms. The van der Waals surface area contributed by atoms with Gasteiger partial charge in [-0.2, -0.15) is 5.26 Å². The topological polar surface area (TPSA) is 124 Å². The normalized spacial score (nSPS) is 13.7. The van der Waals surface area contributed by atoms with E-state index in [0.29, 0.717) is 52.8 Å². The first-order valence-electron chi connectivity index (χ1n) is 14.8. The van der Waals surface area contributed by atoms with E-state index in [1.807, 2.05) is 61.5 Å². The van der Waals surface area contributed by atoms with Crippen molar-refractivity contribution in [3.8, 4) is 23.3 Å². The Labute approximate surface area is 281 Å². The van der Waals surface area contributed by atoms with Crippen LogP contribution in [0.4, 0.5) is 11.5 Å². The molecular weight excluding hydrogens is 637 g/mol. The van der Waals surface area contributed by atoms with Crippen LogP contribution in [0.2, 0.25) is 0 Å². The lowest BCUT2D eigenvalue weighted by Gasteiger charge is -2.19. The number of hydrogen-bond acceptors (Lipinski definition) is 9. The Balaban J connectivity index is 1.54. The Kier molecular flexibility index (Phi) is 9.74. The molecule has 11 nitrogen and oxygen atoms in total. The summed E-state index contributed by atoms with van der Waals surface area (Å²) in [6.45, 7) is 5.99. The number of para-hydroxylation sites is 1. The molecule has 13 heteroatoms. The molecule has 0 bridgehead atoms. The van der Waals surface area contributed by atoms with E-state index in [4.69, 9.17) is 21.7 Å². The van der Waals surface area contributed by atoms with E-state index in [-0.39, 0.29) is 32.6 Å². The highest BCUT2D eigenvalue weighted by Gasteiger charge is 2.38. The van der Waals surface area contributed by atoms with E-state index in [1.54, 1.807) is 45.9 Å². The molecule has 1 amide bonds. The molecule has 47 heavy (non-hydrogen) atoms. The quantitative estimate of drug-likeness (QED) is 0.185. The maximum absolute atomic E-state index is 14.0. The number of nitrogens with zero attached hydrogens (tertiary/aromatic N) is 5. The fourth-order valence-corrected chi connectivity index (χ4v) is 6.87. The zero-order chi connectivity index (χ0) is 34.0. The lowest BCUT2D eigenvalue weighted by Crippen LogP contribution is -2.33. The molecule has 242 valence electrons. The molecular formula is C34H34N6O5S2. The molecule has 2 aromatic carbocycles. The molecule has 0 radical (unpaired) electrons. The van der Waals surface area contributed by atoms with Gasteiger partial charge in [0.25, 0.3) is 17.0 Å². The molecule has 3 heterocycles. The van der Waals surface area contributed by atoms with Gasteiger partial charge in [-0.1, -0.05) is 48.2 Å². The average Bonchev–Trinajstić information content (AvgIpc) is 3.46. The van der Waals surface area contributed by atoms with E-state index in [0.717, 1.165) is 17.3 Å². The number of methoxy groups -OCH3 is 2. The van der Waals surface area contributed by atoms with E-state index in [2.05, 4.69) is 5.32 Å². The van der Waals surface area contributed by atoms with Crippen molar-refractivity contribution < 1.29 is 14.3 Å². The highest BCUT2D eigenvalue weighted by Crippen LogP contribution is 2.38. The molecule has 1 saturated heterocycles. The van der Waals surface area contributed by atoms with Gasteiger partial charge in [-0.15, -0.1) is 0 Å². The number of anilines is 2. The number of benzene rings is 2. The van der Waals surface area contributed by atoms with Crippen LogP contribution in [0.15, 0.2) is 63.0 Å². The highest BCUT2D eigenvalue weighted by molar-refractivity contribution is 8.27. The van der Waals surface area contributed by atoms with Gasteiger partial charge in [-0.25, -0.2) is 4.68 Å². The van der Waals surface area contributed by atoms with Gasteiger partial charge in [0.05, 0.1) is 30.5 Å². The van der Waals surface area contributed by atoms with Gasteiger partial charge < -0.3 is 14.8 Å². The van der Waals surface area contributed by atoms with Gasteiger partial charge in [0.1, 0.15) is 23.1 Å². The lowest BCUT2D eigenvalue weighted by molar-refractivity contribution is -0.113. The summed E-state index contributed by atoms with van der Waals surface area (Å²) in [5.41, 5.74) is 2.50. The van der Waals surface area contributed by atoms with Crippen molar-refractivity contribution in [1.82, 2.24) is 13.9 Å². The van der Waals surface area contributed by atoms with Crippen LogP contribution in [0.5, 0.6) is 11.5 Å². The second kappa shape index (κ2) is 13.7. The minimum atomic E-state index is -0.463. The molecule has 5 rings (SSSR count). The number of carbonyl (C=O) groups is 1. The third-order valence-corrected chi connectivity index (χ3v) is 9.46. The standard InChI is InChI=1S/C34H34N6O5S2/c1-7-38-30(36-16-15-22-13-14-26(44-5)27(17-22)45-6)24(20(2)25(19-35)31(38)41)18-28-32(42)39(34(46)47-28)29-21(3)37(4)40(33(29)43)23-11-9-8-10-12-23/h8-14,17-18,36H,7,15-16H2,1-6H3/b28-18+. The predicted octanol–water partition coefficient (Wildman–Crippen LogP) is 4.92. The van der Waals surface area contributed by atoms with Crippen LogP contribution in [0.3, 0.4) is 0 Å². The summed E-state index contributed by atoms with van der Waals surface area (Å²) in [6, 6.07) is 16.8. The average molecular weight is 671 g/mol. The summed E-state index contributed by atoms with van der Waals surface area (Å²) in [7, 11) is 4.90. The van der Waals surface area contributed by atoms with Crippen LogP contribution in [0, 0.1) is 25.2 Å². The first-order chi connectivity index (χ1) is 22.6. The van der Waals surface area contributed by atoms with Gasteiger partial charge >= 0.3 is 0 Å². The van der Waals surface area contributed by atoms with Gasteiger partial charge in [-0.05, 0) is 68.7 Å². The molecule has 1 aliphatic rings. The smallest absolute Gasteiger partial charge is 0.296 e. The lowest BCUT2D eigenvalue weighted by atomic mass is 10.0. The molecule has 0 aliphatic carbocycles. The van der Waals surface area contributed by atoms with Crippen molar-refractivity contribution in [3.63, 3.8) is 0 Å². The van der Waals surface area contributed by atoms with E-state index in [9.17, 15) is 19.6 Å². The van der Waals surface area contributed by atoms with Crippen molar-refractivity contribution in [2.24, 2.45) is 7.05 Å². The highest BCUT2D eigenvalue weighted by atomic mass is 32.2. The number of amides is 1. The number of thioether (sulfide) groups is 1. The maximum atomic E-state index is 14.0. The molecule has 1 N–H and O–H groups in total. The molecule has 0 unspecified atom stereocenters. The predicted molar refractivity (Wildman–Crippen MR) is 189 cm³/mol. The summed E-state index contributed by atoms with van der Waals surface area (Å²) >= 11 is 6.72. The number of pyridine rings is 1. The van der Waals surface area contributed by atoms with Gasteiger partial charge in [-0.3, -0.25) is 28.5 Å². The van der Waals surface area contributed by atoms with E-state index >= 15 is 0 Å². The van der Waals surface area contributed by atoms with Crippen LogP contribution in [-0.4, -0.2) is 44.9 Å². The number of nitriles is 1. The van der Waals surface area contributed by atoms with Crippen molar-refractivity contribution in [2.75, 3.05) is 31.0 Å². The summed E-state index contributed by atoms with van der Waals surface area (Å²) in [5.74, 6) is 1.24. The summed E-state index contributed by atoms with van der Waals surface area (Å²) in [5, 5.41) is 13.3.